The number of benzene rings is 1. The zero-order chi connectivity index (χ0) is 17.1. The summed E-state index contributed by atoms with van der Waals surface area (Å²) in [6.45, 7) is -3.03. The zero-order valence-corrected chi connectivity index (χ0v) is 12.3. The number of rotatable bonds is 5. The third kappa shape index (κ3) is 3.95. The fourth-order valence-corrected chi connectivity index (χ4v) is 2.00. The van der Waals surface area contributed by atoms with E-state index in [4.69, 9.17) is 16.7 Å². The summed E-state index contributed by atoms with van der Waals surface area (Å²) in [5.74, 6) is -2.33. The first kappa shape index (κ1) is 16.7. The Morgan fingerprint density at radius 2 is 2.13 bits per heavy atom. The summed E-state index contributed by atoms with van der Waals surface area (Å²) in [5, 5.41) is 15.0. The summed E-state index contributed by atoms with van der Waals surface area (Å²) in [6, 6.07) is 3.63. The number of anilines is 1. The quantitative estimate of drug-likeness (QED) is 0.868. The van der Waals surface area contributed by atoms with Crippen LogP contribution in [0.2, 0.25) is 5.02 Å². The summed E-state index contributed by atoms with van der Waals surface area (Å²) in [5.41, 5.74) is -0.388. The minimum absolute atomic E-state index is 0.137. The minimum atomic E-state index is -3.03. The van der Waals surface area contributed by atoms with Gasteiger partial charge in [-0.05, 0) is 18.2 Å². The number of carbonyl (C=O) groups is 2. The lowest BCUT2D eigenvalue weighted by molar-refractivity contribution is -0.0497. The maximum Gasteiger partial charge on any atom is 0.387 e. The normalized spacial score (nSPS) is 10.7. The molecule has 1 heterocycles. The van der Waals surface area contributed by atoms with Crippen molar-refractivity contribution in [1.82, 2.24) is 9.78 Å². The lowest BCUT2D eigenvalue weighted by Crippen LogP contribution is -2.16. The van der Waals surface area contributed by atoms with E-state index in [-0.39, 0.29) is 27.7 Å². The number of aryl methyl sites for hydroxylation is 1. The molecule has 0 aliphatic rings. The Balaban J connectivity index is 2.21. The molecule has 0 unspecified atom stereocenters. The van der Waals surface area contributed by atoms with Crippen LogP contribution in [0.3, 0.4) is 0 Å². The molecule has 1 aromatic heterocycles. The van der Waals surface area contributed by atoms with Crippen molar-refractivity contribution in [3.8, 4) is 5.75 Å². The van der Waals surface area contributed by atoms with Crippen molar-refractivity contribution in [3.05, 3.63) is 40.7 Å². The zero-order valence-electron chi connectivity index (χ0n) is 11.6. The SMILES string of the molecule is Cn1cc(C(=O)O)c(C(=O)Nc2ccc(OC(F)F)c(Cl)c2)n1. The number of nitrogens with zero attached hydrogens (tertiary/aromatic N) is 2. The number of amides is 1. The van der Waals surface area contributed by atoms with Gasteiger partial charge in [-0.3, -0.25) is 9.48 Å². The Morgan fingerprint density at radius 3 is 2.70 bits per heavy atom. The summed E-state index contributed by atoms with van der Waals surface area (Å²) in [7, 11) is 1.47. The van der Waals surface area contributed by atoms with Crippen LogP contribution in [0, 0.1) is 0 Å². The van der Waals surface area contributed by atoms with Gasteiger partial charge in [-0.25, -0.2) is 4.79 Å². The fraction of sp³-hybridized carbons (Fsp3) is 0.154. The first-order valence-corrected chi connectivity index (χ1v) is 6.48. The van der Waals surface area contributed by atoms with E-state index in [0.717, 1.165) is 6.07 Å². The second-order valence-electron chi connectivity index (χ2n) is 4.35. The van der Waals surface area contributed by atoms with Crippen molar-refractivity contribution < 1.29 is 28.2 Å². The molecule has 0 atom stereocenters. The Morgan fingerprint density at radius 1 is 1.43 bits per heavy atom. The van der Waals surface area contributed by atoms with Gasteiger partial charge in [0, 0.05) is 18.9 Å². The molecule has 0 radical (unpaired) electrons. The predicted octanol–water partition coefficient (Wildman–Crippen LogP) is 2.63. The maximum atomic E-state index is 12.1. The van der Waals surface area contributed by atoms with Crippen molar-refractivity contribution in [2.75, 3.05) is 5.32 Å². The van der Waals surface area contributed by atoms with Gasteiger partial charge in [-0.15, -0.1) is 0 Å². The maximum absolute atomic E-state index is 12.1. The standard InChI is InChI=1S/C13H10ClF2N3O4/c1-19-5-7(12(21)22)10(18-19)11(20)17-6-2-3-9(8(14)4-6)23-13(15)16/h2-5,13H,1H3,(H,17,20)(H,21,22). The van der Waals surface area contributed by atoms with Crippen molar-refractivity contribution in [3.63, 3.8) is 0 Å². The van der Waals surface area contributed by atoms with E-state index >= 15 is 0 Å². The van der Waals surface area contributed by atoms with E-state index in [2.05, 4.69) is 15.2 Å². The highest BCUT2D eigenvalue weighted by atomic mass is 35.5. The molecule has 0 bridgehead atoms. The summed E-state index contributed by atoms with van der Waals surface area (Å²) < 4.78 is 29.6. The van der Waals surface area contributed by atoms with Crippen LogP contribution in [0.1, 0.15) is 20.8 Å². The molecule has 23 heavy (non-hydrogen) atoms. The molecule has 2 aromatic rings. The lowest BCUT2D eigenvalue weighted by Gasteiger charge is -2.09. The highest BCUT2D eigenvalue weighted by Crippen LogP contribution is 2.29. The first-order chi connectivity index (χ1) is 10.8. The number of aromatic carboxylic acids is 1. The molecule has 10 heteroatoms. The molecule has 0 saturated carbocycles. The van der Waals surface area contributed by atoms with Crippen molar-refractivity contribution in [1.29, 1.82) is 0 Å². The van der Waals surface area contributed by atoms with Gasteiger partial charge >= 0.3 is 12.6 Å². The highest BCUT2D eigenvalue weighted by Gasteiger charge is 2.21. The predicted molar refractivity (Wildman–Crippen MR) is 76.2 cm³/mol. The Kier molecular flexibility index (Phi) is 4.80. The number of hydrogen-bond acceptors (Lipinski definition) is 4. The third-order valence-corrected chi connectivity index (χ3v) is 2.98. The van der Waals surface area contributed by atoms with Gasteiger partial charge in [-0.2, -0.15) is 13.9 Å². The average molecular weight is 346 g/mol. The van der Waals surface area contributed by atoms with E-state index < -0.39 is 18.5 Å². The van der Waals surface area contributed by atoms with Crippen molar-refractivity contribution >= 4 is 29.2 Å². The van der Waals surface area contributed by atoms with Gasteiger partial charge in [0.1, 0.15) is 11.3 Å². The fourth-order valence-electron chi connectivity index (χ4n) is 1.77. The average Bonchev–Trinajstić information content (AvgIpc) is 2.84. The van der Waals surface area contributed by atoms with Gasteiger partial charge in [0.15, 0.2) is 5.69 Å². The highest BCUT2D eigenvalue weighted by molar-refractivity contribution is 6.32. The lowest BCUT2D eigenvalue weighted by atomic mass is 10.2. The van der Waals surface area contributed by atoms with Crippen LogP contribution in [0.25, 0.3) is 0 Å². The molecule has 0 aliphatic heterocycles. The Bertz CT molecular complexity index is 764. The van der Waals surface area contributed by atoms with E-state index in [0.29, 0.717) is 0 Å². The van der Waals surface area contributed by atoms with Crippen LogP contribution in [0.4, 0.5) is 14.5 Å². The van der Waals surface area contributed by atoms with Gasteiger partial charge in [0.2, 0.25) is 0 Å². The Labute approximate surface area is 133 Å². The van der Waals surface area contributed by atoms with Crippen LogP contribution in [0.5, 0.6) is 5.75 Å². The minimum Gasteiger partial charge on any atom is -0.478 e. The molecule has 0 spiro atoms. The number of nitrogens with one attached hydrogen (secondary N) is 1. The molecule has 7 nitrogen and oxygen atoms in total. The van der Waals surface area contributed by atoms with Crippen LogP contribution in [-0.4, -0.2) is 33.4 Å². The van der Waals surface area contributed by atoms with Gasteiger partial charge in [0.25, 0.3) is 5.91 Å². The second-order valence-corrected chi connectivity index (χ2v) is 4.76. The van der Waals surface area contributed by atoms with Crippen LogP contribution >= 0.6 is 11.6 Å². The molecule has 122 valence electrons. The monoisotopic (exact) mass is 345 g/mol. The van der Waals surface area contributed by atoms with E-state index in [1.807, 2.05) is 0 Å². The number of carboxylic acids is 1. The number of carbonyl (C=O) groups excluding carboxylic acids is 1. The molecule has 0 saturated heterocycles. The largest absolute Gasteiger partial charge is 0.478 e. The molecule has 1 amide bonds. The van der Waals surface area contributed by atoms with Gasteiger partial charge in [-0.1, -0.05) is 11.6 Å². The number of alkyl halides is 2. The molecule has 1 aromatic carbocycles. The molecule has 2 rings (SSSR count). The summed E-state index contributed by atoms with van der Waals surface area (Å²) >= 11 is 5.77. The van der Waals surface area contributed by atoms with E-state index in [9.17, 15) is 18.4 Å². The van der Waals surface area contributed by atoms with Crippen LogP contribution in [-0.2, 0) is 7.05 Å². The number of hydrogen-bond donors (Lipinski definition) is 2. The van der Waals surface area contributed by atoms with Gasteiger partial charge < -0.3 is 15.2 Å². The van der Waals surface area contributed by atoms with Crippen LogP contribution < -0.4 is 10.1 Å². The first-order valence-electron chi connectivity index (χ1n) is 6.10. The molecular formula is C13H10ClF2N3O4. The van der Waals surface area contributed by atoms with Gasteiger partial charge in [0.05, 0.1) is 5.02 Å². The smallest absolute Gasteiger partial charge is 0.387 e. The topological polar surface area (TPSA) is 93.5 Å². The van der Waals surface area contributed by atoms with Crippen molar-refractivity contribution in [2.24, 2.45) is 7.05 Å². The number of aromatic nitrogens is 2. The number of halogens is 3. The molecular weight excluding hydrogens is 336 g/mol. The second kappa shape index (κ2) is 6.61. The molecule has 0 aliphatic carbocycles. The molecule has 0 fully saturated rings. The third-order valence-electron chi connectivity index (χ3n) is 2.68. The Hall–Kier alpha value is -2.68. The molecule has 2 N–H and O–H groups in total. The summed E-state index contributed by atoms with van der Waals surface area (Å²) in [6.07, 6.45) is 1.18. The van der Waals surface area contributed by atoms with Crippen molar-refractivity contribution in [2.45, 2.75) is 6.61 Å². The number of carboxylic acid groups (broad SMARTS) is 1. The summed E-state index contributed by atoms with van der Waals surface area (Å²) in [4.78, 5) is 23.1. The van der Waals surface area contributed by atoms with E-state index in [1.54, 1.807) is 0 Å². The van der Waals surface area contributed by atoms with E-state index in [1.165, 1.54) is 30.1 Å². The van der Waals surface area contributed by atoms with Crippen LogP contribution in [0.15, 0.2) is 24.4 Å². The number of ether oxygens (including phenoxy) is 1.